The van der Waals surface area contributed by atoms with E-state index in [0.29, 0.717) is 17.5 Å². The van der Waals surface area contributed by atoms with Crippen molar-refractivity contribution in [3.05, 3.63) is 194 Å². The maximum atomic E-state index is 6.94. The molecule has 0 atom stereocenters. The summed E-state index contributed by atoms with van der Waals surface area (Å²) in [6, 6.07) is 68.7. The van der Waals surface area contributed by atoms with Crippen LogP contribution in [0.15, 0.2) is 203 Å². The molecule has 0 aliphatic heterocycles. The third-order valence-electron chi connectivity index (χ3n) is 13.4. The van der Waals surface area contributed by atoms with Gasteiger partial charge in [-0.15, -0.1) is 11.3 Å². The number of nitrogens with zero attached hydrogens (tertiary/aromatic N) is 4. The normalized spacial score (nSPS) is 12.2. The first-order valence-corrected chi connectivity index (χ1v) is 22.9. The molecule has 0 fully saturated rings. The zero-order valence-corrected chi connectivity index (χ0v) is 35.8. The van der Waals surface area contributed by atoms with E-state index in [4.69, 9.17) is 23.8 Å². The first-order chi connectivity index (χ1) is 32.6. The van der Waals surface area contributed by atoms with E-state index < -0.39 is 0 Å². The Bertz CT molecular complexity index is 4420. The fraction of sp³-hybridized carbons (Fsp3) is 0. The van der Waals surface area contributed by atoms with E-state index in [1.165, 1.54) is 41.7 Å². The first-order valence-electron chi connectivity index (χ1n) is 22.1. The van der Waals surface area contributed by atoms with Crippen molar-refractivity contribution in [3.63, 3.8) is 0 Å². The summed E-state index contributed by atoms with van der Waals surface area (Å²) in [6.07, 6.45) is 0. The number of hydrogen-bond acceptors (Lipinski definition) is 6. The van der Waals surface area contributed by atoms with Gasteiger partial charge in [0.25, 0.3) is 0 Å². The van der Waals surface area contributed by atoms with Gasteiger partial charge in [0.05, 0.1) is 22.1 Å². The van der Waals surface area contributed by atoms with Gasteiger partial charge in [-0.3, -0.25) is 0 Å². The molecule has 5 heterocycles. The maximum absolute atomic E-state index is 6.94. The van der Waals surface area contributed by atoms with Crippen LogP contribution in [-0.4, -0.2) is 19.5 Å². The second kappa shape index (κ2) is 13.4. The van der Waals surface area contributed by atoms with Crippen molar-refractivity contribution in [1.29, 1.82) is 0 Å². The minimum Gasteiger partial charge on any atom is -0.456 e. The Labute approximate surface area is 379 Å². The summed E-state index contributed by atoms with van der Waals surface area (Å²) in [5.41, 5.74) is 8.94. The number of para-hydroxylation sites is 2. The van der Waals surface area contributed by atoms with Gasteiger partial charge in [-0.2, -0.15) is 0 Å². The van der Waals surface area contributed by atoms with Crippen LogP contribution in [0.2, 0.25) is 0 Å². The average Bonchev–Trinajstić information content (AvgIpc) is 4.12. The molecule has 6 nitrogen and oxygen atoms in total. The van der Waals surface area contributed by atoms with Gasteiger partial charge in [0.15, 0.2) is 17.5 Å². The van der Waals surface area contributed by atoms with Gasteiger partial charge in [0, 0.05) is 63.8 Å². The number of furan rings is 2. The highest BCUT2D eigenvalue weighted by Crippen LogP contribution is 2.44. The maximum Gasteiger partial charge on any atom is 0.164 e. The molecule has 0 unspecified atom stereocenters. The van der Waals surface area contributed by atoms with Crippen LogP contribution in [0.25, 0.3) is 147 Å². The van der Waals surface area contributed by atoms with Gasteiger partial charge in [0.1, 0.15) is 22.3 Å². The standard InChI is InChI=1S/C59H32N4O2S/c1-3-13-35-27-48-45(25-33(35)11-1)40-15-5-8-18-47(40)63(48)49-28-39(31-53-56(49)46-26-34-12-2-4-14-36(34)29-52(46)65-53)59-61-57(37-21-23-42-41-16-6-9-19-50(41)64-51(42)30-37)60-58(62-59)38-22-24-44-43-17-7-10-20-54(43)66-55(44)32-38/h1-32H. The van der Waals surface area contributed by atoms with Crippen molar-refractivity contribution in [2.75, 3.05) is 0 Å². The number of aromatic nitrogens is 4. The van der Waals surface area contributed by atoms with Crippen molar-refractivity contribution in [3.8, 4) is 39.9 Å². The van der Waals surface area contributed by atoms with Gasteiger partial charge >= 0.3 is 0 Å². The van der Waals surface area contributed by atoms with E-state index >= 15 is 0 Å². The van der Waals surface area contributed by atoms with Gasteiger partial charge < -0.3 is 13.4 Å². The van der Waals surface area contributed by atoms with E-state index in [1.54, 1.807) is 11.3 Å². The number of benzene rings is 10. The molecule has 15 aromatic rings. The Hall–Kier alpha value is -8.65. The molecule has 0 saturated heterocycles. The van der Waals surface area contributed by atoms with Crippen LogP contribution in [0.1, 0.15) is 0 Å². The molecule has 66 heavy (non-hydrogen) atoms. The van der Waals surface area contributed by atoms with Crippen molar-refractivity contribution in [2.45, 2.75) is 0 Å². The van der Waals surface area contributed by atoms with Crippen LogP contribution in [0.3, 0.4) is 0 Å². The van der Waals surface area contributed by atoms with E-state index in [-0.39, 0.29) is 0 Å². The Kier molecular flexibility index (Phi) is 7.28. The highest BCUT2D eigenvalue weighted by molar-refractivity contribution is 7.25. The Balaban J connectivity index is 1.03. The molecule has 15 rings (SSSR count). The summed E-state index contributed by atoms with van der Waals surface area (Å²) in [4.78, 5) is 15.9. The van der Waals surface area contributed by atoms with Crippen molar-refractivity contribution < 1.29 is 8.83 Å². The minimum absolute atomic E-state index is 0.538. The fourth-order valence-electron chi connectivity index (χ4n) is 10.3. The summed E-state index contributed by atoms with van der Waals surface area (Å²) >= 11 is 1.78. The molecule has 5 aromatic heterocycles. The van der Waals surface area contributed by atoms with Crippen LogP contribution < -0.4 is 0 Å². The molecule has 0 aliphatic rings. The number of thiophene rings is 1. The third kappa shape index (κ3) is 5.26. The largest absolute Gasteiger partial charge is 0.456 e. The zero-order valence-electron chi connectivity index (χ0n) is 35.0. The summed E-state index contributed by atoms with van der Waals surface area (Å²) in [5.74, 6) is 1.67. The van der Waals surface area contributed by atoms with Gasteiger partial charge in [0.2, 0.25) is 0 Å². The molecular weight excluding hydrogens is 829 g/mol. The second-order valence-corrected chi connectivity index (χ2v) is 18.2. The lowest BCUT2D eigenvalue weighted by atomic mass is 10.0. The predicted octanol–water partition coefficient (Wildman–Crippen LogP) is 16.4. The van der Waals surface area contributed by atoms with Gasteiger partial charge in [-0.05, 0) is 94.3 Å². The lowest BCUT2D eigenvalue weighted by molar-refractivity contribution is 0.669. The molecule has 0 radical (unpaired) electrons. The summed E-state index contributed by atoms with van der Waals surface area (Å²) in [5, 5.41) is 13.7. The molecule has 0 aliphatic carbocycles. The van der Waals surface area contributed by atoms with Crippen molar-refractivity contribution in [1.82, 2.24) is 19.5 Å². The zero-order chi connectivity index (χ0) is 43.0. The van der Waals surface area contributed by atoms with Crippen molar-refractivity contribution in [2.24, 2.45) is 0 Å². The molecule has 0 amide bonds. The van der Waals surface area contributed by atoms with E-state index in [2.05, 4.69) is 174 Å². The van der Waals surface area contributed by atoms with E-state index in [9.17, 15) is 0 Å². The molecule has 0 N–H and O–H groups in total. The second-order valence-electron chi connectivity index (χ2n) is 17.2. The SMILES string of the molecule is c1ccc2cc3c(cc2c1)oc1cc(-c2nc(-c4ccc5c(c4)oc4ccccc45)nc(-c4ccc5c(c4)sc4ccccc45)n2)cc(-n2c4ccccc4c4cc5ccccc5cc42)c13. The highest BCUT2D eigenvalue weighted by atomic mass is 32.1. The molecule has 0 bridgehead atoms. The molecular formula is C59H32N4O2S. The molecule has 306 valence electrons. The molecule has 0 spiro atoms. The number of rotatable bonds is 4. The van der Waals surface area contributed by atoms with Crippen LogP contribution in [0.5, 0.6) is 0 Å². The van der Waals surface area contributed by atoms with Crippen LogP contribution in [-0.2, 0) is 0 Å². The predicted molar refractivity (Wildman–Crippen MR) is 273 cm³/mol. The monoisotopic (exact) mass is 860 g/mol. The summed E-state index contributed by atoms with van der Waals surface area (Å²) in [7, 11) is 0. The smallest absolute Gasteiger partial charge is 0.164 e. The first kappa shape index (κ1) is 35.8. The van der Waals surface area contributed by atoms with E-state index in [1.807, 2.05) is 24.3 Å². The lowest BCUT2D eigenvalue weighted by Crippen LogP contribution is -2.01. The number of hydrogen-bond donors (Lipinski definition) is 0. The summed E-state index contributed by atoms with van der Waals surface area (Å²) < 4.78 is 18.2. The average molecular weight is 861 g/mol. The van der Waals surface area contributed by atoms with Crippen LogP contribution in [0.4, 0.5) is 0 Å². The Morgan fingerprint density at radius 2 is 0.879 bits per heavy atom. The lowest BCUT2D eigenvalue weighted by Gasteiger charge is -2.13. The van der Waals surface area contributed by atoms with Crippen LogP contribution >= 0.6 is 11.3 Å². The quantitative estimate of drug-likeness (QED) is 0.176. The summed E-state index contributed by atoms with van der Waals surface area (Å²) in [6.45, 7) is 0. The minimum atomic E-state index is 0.538. The Morgan fingerprint density at radius 3 is 1.68 bits per heavy atom. The topological polar surface area (TPSA) is 69.9 Å². The van der Waals surface area contributed by atoms with Crippen LogP contribution in [0, 0.1) is 0 Å². The van der Waals surface area contributed by atoms with Gasteiger partial charge in [-0.25, -0.2) is 15.0 Å². The molecule has 7 heteroatoms. The third-order valence-corrected chi connectivity index (χ3v) is 14.5. The number of fused-ring (bicyclic) bond motifs is 14. The van der Waals surface area contributed by atoms with Crippen molar-refractivity contribution >= 4 is 119 Å². The highest BCUT2D eigenvalue weighted by Gasteiger charge is 2.23. The Morgan fingerprint density at radius 1 is 0.333 bits per heavy atom. The van der Waals surface area contributed by atoms with E-state index in [0.717, 1.165) is 88.1 Å². The van der Waals surface area contributed by atoms with Gasteiger partial charge in [-0.1, -0.05) is 121 Å². The fourth-order valence-corrected chi connectivity index (χ4v) is 11.4. The molecule has 10 aromatic carbocycles. The molecule has 0 saturated carbocycles.